The number of hydrogen-bond acceptors (Lipinski definition) is 9. The molecule has 38 heavy (non-hydrogen) atoms. The van der Waals surface area contributed by atoms with E-state index in [-0.39, 0.29) is 24.5 Å². The van der Waals surface area contributed by atoms with Gasteiger partial charge in [-0.15, -0.1) is 0 Å². The second-order valence-electron chi connectivity index (χ2n) is 8.70. The lowest BCUT2D eigenvalue weighted by molar-refractivity contribution is -0.384. The standard InChI is InChI=1S/C25H25NO12/c27-21(28)8-15-13-37-25(18(11-23(31)32)17(15)10-22(29)30)38-20-7-6-16(26(34)35)9-19(20)24(33)36-12-14-4-2-1-3-5-14/h1-7,9,15,17-18,25H,8,10-13H2,(H,27,28)(H,29,30)(H,31,32)/t15-,17+,18+,25?/m0/s1. The molecule has 2 aromatic carbocycles. The number of aliphatic carboxylic acids is 3. The summed E-state index contributed by atoms with van der Waals surface area (Å²) in [4.78, 5) is 58.0. The van der Waals surface area contributed by atoms with Gasteiger partial charge in [0.2, 0.25) is 6.29 Å². The van der Waals surface area contributed by atoms with Gasteiger partial charge in [-0.2, -0.15) is 0 Å². The summed E-state index contributed by atoms with van der Waals surface area (Å²) < 4.78 is 16.7. The molecular weight excluding hydrogens is 506 g/mol. The minimum Gasteiger partial charge on any atom is -0.481 e. The van der Waals surface area contributed by atoms with Crippen molar-refractivity contribution in [1.29, 1.82) is 0 Å². The molecule has 1 heterocycles. The van der Waals surface area contributed by atoms with E-state index in [4.69, 9.17) is 14.2 Å². The predicted molar refractivity (Wildman–Crippen MR) is 126 cm³/mol. The first-order valence-electron chi connectivity index (χ1n) is 11.5. The molecule has 3 rings (SSSR count). The third-order valence-corrected chi connectivity index (χ3v) is 6.09. The maximum Gasteiger partial charge on any atom is 0.342 e. The SMILES string of the molecule is O=C(O)C[C@H]1COC(Oc2ccc([N+](=O)[O-])cc2C(=O)OCc2ccccc2)[C@H](CC(=O)O)[C@@H]1CC(=O)O. The van der Waals surface area contributed by atoms with Crippen LogP contribution in [0.4, 0.5) is 5.69 Å². The van der Waals surface area contributed by atoms with Crippen LogP contribution in [-0.4, -0.2) is 57.0 Å². The summed E-state index contributed by atoms with van der Waals surface area (Å²) in [6.45, 7) is -0.382. The molecule has 13 nitrogen and oxygen atoms in total. The second-order valence-corrected chi connectivity index (χ2v) is 8.70. The van der Waals surface area contributed by atoms with Gasteiger partial charge in [0.25, 0.3) is 5.69 Å². The topological polar surface area (TPSA) is 200 Å². The van der Waals surface area contributed by atoms with Gasteiger partial charge in [0.05, 0.1) is 24.4 Å². The molecule has 0 radical (unpaired) electrons. The summed E-state index contributed by atoms with van der Waals surface area (Å²) in [5.74, 6) is -7.79. The highest BCUT2D eigenvalue weighted by atomic mass is 16.7. The van der Waals surface area contributed by atoms with Crippen molar-refractivity contribution in [1.82, 2.24) is 0 Å². The number of carbonyl (C=O) groups excluding carboxylic acids is 1. The molecule has 0 bridgehead atoms. The molecule has 0 aromatic heterocycles. The van der Waals surface area contributed by atoms with Gasteiger partial charge < -0.3 is 29.5 Å². The van der Waals surface area contributed by atoms with Crippen molar-refractivity contribution >= 4 is 29.6 Å². The van der Waals surface area contributed by atoms with Crippen LogP contribution in [0.5, 0.6) is 5.75 Å². The Morgan fingerprint density at radius 2 is 1.55 bits per heavy atom. The Morgan fingerprint density at radius 3 is 2.16 bits per heavy atom. The molecule has 2 aromatic rings. The van der Waals surface area contributed by atoms with E-state index in [9.17, 15) is 44.6 Å². The fourth-order valence-corrected chi connectivity index (χ4v) is 4.36. The number of carbonyl (C=O) groups is 4. The quantitative estimate of drug-likeness (QED) is 0.206. The first kappa shape index (κ1) is 28.1. The van der Waals surface area contributed by atoms with Crippen LogP contribution in [-0.2, 0) is 30.5 Å². The van der Waals surface area contributed by atoms with Crippen LogP contribution >= 0.6 is 0 Å². The zero-order valence-corrected chi connectivity index (χ0v) is 19.9. The van der Waals surface area contributed by atoms with Crippen molar-refractivity contribution in [3.8, 4) is 5.75 Å². The molecule has 4 atom stereocenters. The van der Waals surface area contributed by atoms with Gasteiger partial charge in [-0.3, -0.25) is 24.5 Å². The fourth-order valence-electron chi connectivity index (χ4n) is 4.36. The van der Waals surface area contributed by atoms with Gasteiger partial charge in [-0.25, -0.2) is 4.79 Å². The number of ether oxygens (including phenoxy) is 3. The molecule has 0 aliphatic carbocycles. The minimum atomic E-state index is -1.39. The number of nitro benzene ring substituents is 1. The van der Waals surface area contributed by atoms with Gasteiger partial charge in [0, 0.05) is 24.5 Å². The second kappa shape index (κ2) is 12.6. The van der Waals surface area contributed by atoms with Gasteiger partial charge in [-0.1, -0.05) is 30.3 Å². The molecule has 0 amide bonds. The zero-order chi connectivity index (χ0) is 27.8. The normalized spacial score (nSPS) is 20.7. The Hall–Kier alpha value is -4.52. The van der Waals surface area contributed by atoms with Crippen LogP contribution in [0.15, 0.2) is 48.5 Å². The molecule has 1 aliphatic heterocycles. The molecule has 202 valence electrons. The molecule has 1 fully saturated rings. The summed E-state index contributed by atoms with van der Waals surface area (Å²) in [6.07, 6.45) is -2.98. The molecule has 13 heteroatoms. The number of nitro groups is 1. The number of carboxylic acids is 3. The van der Waals surface area contributed by atoms with E-state index in [1.807, 2.05) is 0 Å². The van der Waals surface area contributed by atoms with Gasteiger partial charge in [0.15, 0.2) is 0 Å². The fraction of sp³-hybridized carbons (Fsp3) is 0.360. The highest BCUT2D eigenvalue weighted by Crippen LogP contribution is 2.40. The lowest BCUT2D eigenvalue weighted by Gasteiger charge is -2.41. The van der Waals surface area contributed by atoms with Crippen molar-refractivity contribution in [3.63, 3.8) is 0 Å². The molecule has 1 saturated heterocycles. The van der Waals surface area contributed by atoms with Crippen molar-refractivity contribution in [2.24, 2.45) is 17.8 Å². The Morgan fingerprint density at radius 1 is 0.921 bits per heavy atom. The first-order chi connectivity index (χ1) is 18.0. The maximum atomic E-state index is 12.9. The van der Waals surface area contributed by atoms with E-state index in [0.717, 1.165) is 18.2 Å². The number of nitrogens with zero attached hydrogens (tertiary/aromatic N) is 1. The number of hydrogen-bond donors (Lipinski definition) is 3. The van der Waals surface area contributed by atoms with Crippen LogP contribution in [0.2, 0.25) is 0 Å². The van der Waals surface area contributed by atoms with Crippen LogP contribution < -0.4 is 4.74 Å². The van der Waals surface area contributed by atoms with E-state index >= 15 is 0 Å². The van der Waals surface area contributed by atoms with E-state index in [1.165, 1.54) is 0 Å². The summed E-state index contributed by atoms with van der Waals surface area (Å²) in [6, 6.07) is 11.8. The highest BCUT2D eigenvalue weighted by molar-refractivity contribution is 5.93. The van der Waals surface area contributed by atoms with Crippen LogP contribution in [0.3, 0.4) is 0 Å². The maximum absolute atomic E-state index is 12.9. The van der Waals surface area contributed by atoms with Crippen LogP contribution in [0, 0.1) is 27.9 Å². The van der Waals surface area contributed by atoms with Gasteiger partial charge in [-0.05, 0) is 23.5 Å². The van der Waals surface area contributed by atoms with Crippen LogP contribution in [0.1, 0.15) is 35.2 Å². The number of benzene rings is 2. The Bertz CT molecular complexity index is 1200. The summed E-state index contributed by atoms with van der Waals surface area (Å²) in [5, 5.41) is 39.4. The average molecular weight is 531 g/mol. The van der Waals surface area contributed by atoms with Crippen molar-refractivity contribution in [3.05, 3.63) is 69.8 Å². The lowest BCUT2D eigenvalue weighted by Crippen LogP contribution is -2.47. The van der Waals surface area contributed by atoms with E-state index < -0.39 is 77.8 Å². The smallest absolute Gasteiger partial charge is 0.342 e. The molecule has 0 saturated carbocycles. The number of carboxylic acid groups (broad SMARTS) is 3. The third kappa shape index (κ3) is 7.49. The van der Waals surface area contributed by atoms with Crippen molar-refractivity contribution in [2.45, 2.75) is 32.2 Å². The van der Waals surface area contributed by atoms with Crippen molar-refractivity contribution < 1.29 is 53.6 Å². The van der Waals surface area contributed by atoms with E-state index in [2.05, 4.69) is 0 Å². The Balaban J connectivity index is 1.92. The zero-order valence-electron chi connectivity index (χ0n) is 19.9. The van der Waals surface area contributed by atoms with Crippen molar-refractivity contribution in [2.75, 3.05) is 6.61 Å². The molecule has 0 spiro atoms. The average Bonchev–Trinajstić information content (AvgIpc) is 2.85. The molecule has 1 aliphatic rings. The first-order valence-corrected chi connectivity index (χ1v) is 11.5. The Kier molecular flexibility index (Phi) is 9.33. The number of rotatable bonds is 12. The monoisotopic (exact) mass is 531 g/mol. The summed E-state index contributed by atoms with van der Waals surface area (Å²) >= 11 is 0. The minimum absolute atomic E-state index is 0.138. The largest absolute Gasteiger partial charge is 0.481 e. The summed E-state index contributed by atoms with van der Waals surface area (Å²) in [7, 11) is 0. The molecular formula is C25H25NO12. The lowest BCUT2D eigenvalue weighted by atomic mass is 9.74. The van der Waals surface area contributed by atoms with E-state index in [1.54, 1.807) is 30.3 Å². The van der Waals surface area contributed by atoms with Gasteiger partial charge >= 0.3 is 23.9 Å². The number of non-ortho nitro benzene ring substituents is 1. The number of esters is 1. The Labute approximate surface area is 215 Å². The predicted octanol–water partition coefficient (Wildman–Crippen LogP) is 2.96. The van der Waals surface area contributed by atoms with E-state index in [0.29, 0.717) is 5.56 Å². The third-order valence-electron chi connectivity index (χ3n) is 6.09. The van der Waals surface area contributed by atoms with Crippen LogP contribution in [0.25, 0.3) is 0 Å². The molecule has 3 N–H and O–H groups in total. The summed E-state index contributed by atoms with van der Waals surface area (Å²) in [5.41, 5.74) is -0.0944. The highest BCUT2D eigenvalue weighted by Gasteiger charge is 2.44. The van der Waals surface area contributed by atoms with Gasteiger partial charge in [0.1, 0.15) is 17.9 Å². The molecule has 1 unspecified atom stereocenters.